The lowest BCUT2D eigenvalue weighted by atomic mass is 9.76. The summed E-state index contributed by atoms with van der Waals surface area (Å²) in [7, 11) is 0. The van der Waals surface area contributed by atoms with Crippen LogP contribution in [0, 0.1) is 11.8 Å². The minimum absolute atomic E-state index is 0.209. The molecule has 2 N–H and O–H groups in total. The molecule has 0 bridgehead atoms. The number of carboxylic acids is 1. The molecule has 2 rings (SSSR count). The predicted molar refractivity (Wildman–Crippen MR) is 89.0 cm³/mol. The fourth-order valence-corrected chi connectivity index (χ4v) is 2.93. The van der Waals surface area contributed by atoms with Crippen molar-refractivity contribution in [3.8, 4) is 0 Å². The van der Waals surface area contributed by atoms with E-state index in [9.17, 15) is 19.5 Å². The Morgan fingerprint density at radius 3 is 2.08 bits per heavy atom. The highest BCUT2D eigenvalue weighted by Gasteiger charge is 2.33. The topological polar surface area (TPSA) is 98.3 Å². The summed E-state index contributed by atoms with van der Waals surface area (Å²) in [5.41, 5.74) is 3.11. The second-order valence-electron chi connectivity index (χ2n) is 6.25. The molecule has 6 nitrogen and oxygen atoms in total. The molecule has 0 spiro atoms. The van der Waals surface area contributed by atoms with Crippen LogP contribution in [0.1, 0.15) is 33.6 Å². The molecule has 1 aliphatic carbocycles. The standard InChI is InChI=1S/C18H22N2O4/c1-10-7-15(16(18(23)24)8-11(10)2)17(22)20-14-6-4-5-13(9-14)19-12(3)21/h4-6,9,15-16H,7-8H2,1-3H3,(H,19,21)(H,20,22)(H,23,24)/p-1/t15-,16+/m1/s1. The highest BCUT2D eigenvalue weighted by Crippen LogP contribution is 2.34. The summed E-state index contributed by atoms with van der Waals surface area (Å²) in [5.74, 6) is -3.25. The van der Waals surface area contributed by atoms with Gasteiger partial charge in [0.05, 0.1) is 5.92 Å². The molecular weight excluding hydrogens is 308 g/mol. The molecule has 6 heteroatoms. The van der Waals surface area contributed by atoms with Crippen LogP contribution in [-0.2, 0) is 14.4 Å². The molecule has 0 heterocycles. The highest BCUT2D eigenvalue weighted by atomic mass is 16.4. The Bertz CT molecular complexity index is 709. The number of anilines is 2. The van der Waals surface area contributed by atoms with Gasteiger partial charge in [0.25, 0.3) is 0 Å². The molecule has 24 heavy (non-hydrogen) atoms. The normalized spacial score (nSPS) is 20.5. The van der Waals surface area contributed by atoms with E-state index in [1.54, 1.807) is 24.3 Å². The van der Waals surface area contributed by atoms with Crippen LogP contribution in [0.5, 0.6) is 0 Å². The lowest BCUT2D eigenvalue weighted by Crippen LogP contribution is -2.42. The zero-order valence-electron chi connectivity index (χ0n) is 14.0. The number of benzene rings is 1. The van der Waals surface area contributed by atoms with Crippen LogP contribution in [0.25, 0.3) is 0 Å². The van der Waals surface area contributed by atoms with Gasteiger partial charge in [-0.2, -0.15) is 0 Å². The molecular formula is C18H21N2O4-. The third-order valence-electron chi connectivity index (χ3n) is 4.36. The van der Waals surface area contributed by atoms with Crippen LogP contribution in [0.2, 0.25) is 0 Å². The average Bonchev–Trinajstić information content (AvgIpc) is 2.49. The molecule has 0 unspecified atom stereocenters. The smallest absolute Gasteiger partial charge is 0.228 e. The third kappa shape index (κ3) is 4.22. The number of hydrogen-bond acceptors (Lipinski definition) is 4. The van der Waals surface area contributed by atoms with Crippen LogP contribution in [0.15, 0.2) is 35.4 Å². The van der Waals surface area contributed by atoms with Crippen LogP contribution >= 0.6 is 0 Å². The molecule has 0 fully saturated rings. The molecule has 1 aromatic rings. The van der Waals surface area contributed by atoms with Crippen molar-refractivity contribution < 1.29 is 19.5 Å². The van der Waals surface area contributed by atoms with Gasteiger partial charge < -0.3 is 20.5 Å². The Kier molecular flexibility index (Phi) is 5.39. The monoisotopic (exact) mass is 329 g/mol. The largest absolute Gasteiger partial charge is 0.550 e. The van der Waals surface area contributed by atoms with Crippen molar-refractivity contribution in [3.63, 3.8) is 0 Å². The van der Waals surface area contributed by atoms with Crippen molar-refractivity contribution in [2.45, 2.75) is 33.6 Å². The number of allylic oxidation sites excluding steroid dienone is 2. The van der Waals surface area contributed by atoms with Crippen LogP contribution in [0.4, 0.5) is 11.4 Å². The Morgan fingerprint density at radius 2 is 1.54 bits per heavy atom. The van der Waals surface area contributed by atoms with Gasteiger partial charge in [-0.25, -0.2) is 0 Å². The first-order chi connectivity index (χ1) is 11.3. The highest BCUT2D eigenvalue weighted by molar-refractivity contribution is 5.96. The number of nitrogens with one attached hydrogen (secondary N) is 2. The van der Waals surface area contributed by atoms with Crippen molar-refractivity contribution in [1.82, 2.24) is 0 Å². The fraction of sp³-hybridized carbons (Fsp3) is 0.389. The van der Waals surface area contributed by atoms with Gasteiger partial charge in [-0.3, -0.25) is 9.59 Å². The van der Waals surface area contributed by atoms with Gasteiger partial charge in [0.2, 0.25) is 11.8 Å². The third-order valence-corrected chi connectivity index (χ3v) is 4.36. The first-order valence-electron chi connectivity index (χ1n) is 7.82. The summed E-state index contributed by atoms with van der Waals surface area (Å²) in [5, 5.41) is 16.8. The van der Waals surface area contributed by atoms with Gasteiger partial charge in [0, 0.05) is 30.2 Å². The summed E-state index contributed by atoms with van der Waals surface area (Å²) in [4.78, 5) is 35.0. The van der Waals surface area contributed by atoms with E-state index < -0.39 is 17.8 Å². The molecule has 0 aliphatic heterocycles. The molecule has 0 saturated carbocycles. The summed E-state index contributed by atoms with van der Waals surface area (Å²) >= 11 is 0. The fourth-order valence-electron chi connectivity index (χ4n) is 2.93. The van der Waals surface area contributed by atoms with Crippen molar-refractivity contribution in [2.24, 2.45) is 11.8 Å². The minimum atomic E-state index is -1.20. The van der Waals surface area contributed by atoms with E-state index in [1.165, 1.54) is 6.92 Å². The van der Waals surface area contributed by atoms with Gasteiger partial charge in [-0.05, 0) is 44.9 Å². The first-order valence-corrected chi connectivity index (χ1v) is 7.82. The Balaban J connectivity index is 2.16. The summed E-state index contributed by atoms with van der Waals surface area (Å²) in [6, 6.07) is 6.73. The number of rotatable bonds is 4. The Hall–Kier alpha value is -2.63. The van der Waals surface area contributed by atoms with Crippen molar-refractivity contribution in [2.75, 3.05) is 10.6 Å². The lowest BCUT2D eigenvalue weighted by Gasteiger charge is -2.32. The maximum absolute atomic E-state index is 12.6. The van der Waals surface area contributed by atoms with Crippen LogP contribution < -0.4 is 15.7 Å². The zero-order chi connectivity index (χ0) is 17.9. The van der Waals surface area contributed by atoms with Gasteiger partial charge in [-0.15, -0.1) is 0 Å². The molecule has 2 atom stereocenters. The summed E-state index contributed by atoms with van der Waals surface area (Å²) in [6.07, 6.45) is 0.736. The van der Waals surface area contributed by atoms with Crippen molar-refractivity contribution in [1.29, 1.82) is 0 Å². The number of amides is 2. The quantitative estimate of drug-likeness (QED) is 0.821. The first kappa shape index (κ1) is 17.7. The van der Waals surface area contributed by atoms with Crippen LogP contribution in [-0.4, -0.2) is 17.8 Å². The van der Waals surface area contributed by atoms with Crippen LogP contribution in [0.3, 0.4) is 0 Å². The molecule has 1 aliphatic rings. The van der Waals surface area contributed by atoms with E-state index in [2.05, 4.69) is 10.6 Å². The van der Waals surface area contributed by atoms with Gasteiger partial charge in [0.15, 0.2) is 0 Å². The van der Waals surface area contributed by atoms with E-state index in [1.807, 2.05) is 13.8 Å². The second-order valence-corrected chi connectivity index (χ2v) is 6.25. The van der Waals surface area contributed by atoms with E-state index in [4.69, 9.17) is 0 Å². The van der Waals surface area contributed by atoms with Gasteiger partial charge in [-0.1, -0.05) is 17.2 Å². The number of carboxylic acid groups (broad SMARTS) is 1. The lowest BCUT2D eigenvalue weighted by molar-refractivity contribution is -0.313. The van der Waals surface area contributed by atoms with Crippen molar-refractivity contribution in [3.05, 3.63) is 35.4 Å². The maximum atomic E-state index is 12.6. The molecule has 0 radical (unpaired) electrons. The number of carbonyl (C=O) groups excluding carboxylic acids is 3. The average molecular weight is 329 g/mol. The molecule has 0 aromatic heterocycles. The molecule has 1 aromatic carbocycles. The van der Waals surface area contributed by atoms with E-state index in [0.29, 0.717) is 24.2 Å². The molecule has 0 saturated heterocycles. The van der Waals surface area contributed by atoms with E-state index in [-0.39, 0.29) is 11.8 Å². The Labute approximate surface area is 140 Å². The number of carbonyl (C=O) groups is 3. The number of aliphatic carboxylic acids is 1. The summed E-state index contributed by atoms with van der Waals surface area (Å²) < 4.78 is 0. The minimum Gasteiger partial charge on any atom is -0.550 e. The van der Waals surface area contributed by atoms with Crippen molar-refractivity contribution >= 4 is 29.2 Å². The molecule has 2 amide bonds. The van der Waals surface area contributed by atoms with E-state index in [0.717, 1.165) is 11.1 Å². The van der Waals surface area contributed by atoms with Gasteiger partial charge >= 0.3 is 0 Å². The predicted octanol–water partition coefficient (Wildman–Crippen LogP) is 1.70. The van der Waals surface area contributed by atoms with Gasteiger partial charge in [0.1, 0.15) is 0 Å². The number of hydrogen-bond donors (Lipinski definition) is 2. The maximum Gasteiger partial charge on any atom is 0.228 e. The SMILES string of the molecule is CC(=O)Nc1cccc(NC(=O)[C@@H]2CC(C)=C(C)C[C@@H]2C(=O)[O-])c1. The second kappa shape index (κ2) is 7.29. The summed E-state index contributed by atoms with van der Waals surface area (Å²) in [6.45, 7) is 5.20. The zero-order valence-corrected chi connectivity index (χ0v) is 14.0. The Morgan fingerprint density at radius 1 is 1.00 bits per heavy atom. The van der Waals surface area contributed by atoms with E-state index >= 15 is 0 Å². The molecule has 128 valence electrons.